The fraction of sp³-hybridized carbons (Fsp3) is 0.350. The molecule has 0 N–H and O–H groups in total. The molecule has 2 nitrogen and oxygen atoms in total. The highest BCUT2D eigenvalue weighted by molar-refractivity contribution is 5.95. The fourth-order valence-electron chi connectivity index (χ4n) is 3.30. The molecule has 0 aliphatic heterocycles. The van der Waals surface area contributed by atoms with E-state index in [1.165, 1.54) is 46.1 Å². The molecular formula is C20H23ClN2. The van der Waals surface area contributed by atoms with Gasteiger partial charge in [0.05, 0.1) is 11.2 Å². The number of rotatable bonds is 3. The lowest BCUT2D eigenvalue weighted by Crippen LogP contribution is -2.03. The third-order valence-electron chi connectivity index (χ3n) is 5.01. The SMILES string of the molecule is Cc1ccc(-c2nccc3c(C)c(C)n(CC4CC4)c23)cc1.Cl. The number of benzene rings is 1. The molecule has 1 fully saturated rings. The minimum absolute atomic E-state index is 0. The first-order valence-electron chi connectivity index (χ1n) is 8.16. The molecule has 1 aliphatic rings. The molecule has 120 valence electrons. The molecule has 1 aliphatic carbocycles. The molecule has 0 amide bonds. The minimum Gasteiger partial charge on any atom is -0.343 e. The molecule has 3 heteroatoms. The fourth-order valence-corrected chi connectivity index (χ4v) is 3.30. The Balaban J connectivity index is 0.00000156. The van der Waals surface area contributed by atoms with Crippen LogP contribution >= 0.6 is 12.4 Å². The Morgan fingerprint density at radius 3 is 2.39 bits per heavy atom. The van der Waals surface area contributed by atoms with E-state index in [9.17, 15) is 0 Å². The topological polar surface area (TPSA) is 17.8 Å². The molecular weight excluding hydrogens is 304 g/mol. The van der Waals surface area contributed by atoms with Gasteiger partial charge in [0.25, 0.3) is 0 Å². The van der Waals surface area contributed by atoms with Gasteiger partial charge in [-0.2, -0.15) is 0 Å². The number of aromatic nitrogens is 2. The maximum absolute atomic E-state index is 4.73. The predicted octanol–water partition coefficient (Wildman–Crippen LogP) is 5.46. The van der Waals surface area contributed by atoms with Crippen molar-refractivity contribution in [2.24, 2.45) is 5.92 Å². The molecule has 0 saturated heterocycles. The Morgan fingerprint density at radius 1 is 1.04 bits per heavy atom. The standard InChI is InChI=1S/C20H22N2.ClH/c1-13-4-8-17(9-5-13)19-20-18(10-11-21-19)14(2)15(3)22(20)12-16-6-7-16;/h4-5,8-11,16H,6-7,12H2,1-3H3;1H. The Hall–Kier alpha value is -1.80. The first-order chi connectivity index (χ1) is 10.6. The molecule has 1 aromatic carbocycles. The van der Waals surface area contributed by atoms with Gasteiger partial charge < -0.3 is 4.57 Å². The molecule has 4 rings (SSSR count). The van der Waals surface area contributed by atoms with Gasteiger partial charge in [-0.1, -0.05) is 29.8 Å². The zero-order valence-electron chi connectivity index (χ0n) is 14.0. The van der Waals surface area contributed by atoms with E-state index in [-0.39, 0.29) is 12.4 Å². The third-order valence-corrected chi connectivity index (χ3v) is 5.01. The van der Waals surface area contributed by atoms with Crippen LogP contribution in [0.3, 0.4) is 0 Å². The summed E-state index contributed by atoms with van der Waals surface area (Å²) in [5, 5.41) is 1.35. The van der Waals surface area contributed by atoms with Gasteiger partial charge in [0, 0.05) is 29.4 Å². The average molecular weight is 327 g/mol. The van der Waals surface area contributed by atoms with Crippen LogP contribution in [-0.2, 0) is 6.54 Å². The summed E-state index contributed by atoms with van der Waals surface area (Å²) in [6.07, 6.45) is 4.70. The Morgan fingerprint density at radius 2 is 1.74 bits per heavy atom. The van der Waals surface area contributed by atoms with Crippen molar-refractivity contribution in [1.82, 2.24) is 9.55 Å². The van der Waals surface area contributed by atoms with E-state index in [1.807, 2.05) is 6.20 Å². The summed E-state index contributed by atoms with van der Waals surface area (Å²) in [5.41, 5.74) is 7.72. The molecule has 0 atom stereocenters. The Bertz CT molecular complexity index is 842. The Kier molecular flexibility index (Phi) is 4.20. The van der Waals surface area contributed by atoms with Crippen molar-refractivity contribution in [2.45, 2.75) is 40.2 Å². The van der Waals surface area contributed by atoms with Crippen LogP contribution in [0.15, 0.2) is 36.5 Å². The van der Waals surface area contributed by atoms with E-state index >= 15 is 0 Å². The van der Waals surface area contributed by atoms with Crippen LogP contribution in [0.1, 0.15) is 29.7 Å². The molecule has 0 bridgehead atoms. The van der Waals surface area contributed by atoms with Crippen LogP contribution in [0.5, 0.6) is 0 Å². The van der Waals surface area contributed by atoms with Crippen LogP contribution in [0.25, 0.3) is 22.2 Å². The highest BCUT2D eigenvalue weighted by Crippen LogP contribution is 2.37. The van der Waals surface area contributed by atoms with Crippen molar-refractivity contribution >= 4 is 23.3 Å². The van der Waals surface area contributed by atoms with Crippen molar-refractivity contribution in [3.05, 3.63) is 53.3 Å². The number of hydrogen-bond donors (Lipinski definition) is 0. The van der Waals surface area contributed by atoms with E-state index < -0.39 is 0 Å². The largest absolute Gasteiger partial charge is 0.343 e. The summed E-state index contributed by atoms with van der Waals surface area (Å²) in [4.78, 5) is 4.73. The maximum atomic E-state index is 4.73. The molecule has 0 spiro atoms. The zero-order chi connectivity index (χ0) is 15.3. The monoisotopic (exact) mass is 326 g/mol. The van der Waals surface area contributed by atoms with Gasteiger partial charge in [-0.05, 0) is 51.2 Å². The summed E-state index contributed by atoms with van der Waals surface area (Å²) < 4.78 is 2.50. The molecule has 23 heavy (non-hydrogen) atoms. The lowest BCUT2D eigenvalue weighted by atomic mass is 10.1. The van der Waals surface area contributed by atoms with E-state index in [0.29, 0.717) is 0 Å². The molecule has 2 heterocycles. The summed E-state index contributed by atoms with van der Waals surface area (Å²) >= 11 is 0. The summed E-state index contributed by atoms with van der Waals surface area (Å²) in [5.74, 6) is 0.861. The second-order valence-corrected chi connectivity index (χ2v) is 6.69. The van der Waals surface area contributed by atoms with Gasteiger partial charge >= 0.3 is 0 Å². The van der Waals surface area contributed by atoms with Crippen molar-refractivity contribution in [1.29, 1.82) is 0 Å². The molecule has 0 radical (unpaired) electrons. The molecule has 2 aromatic heterocycles. The number of pyridine rings is 1. The third kappa shape index (κ3) is 2.76. The van der Waals surface area contributed by atoms with E-state index in [1.54, 1.807) is 0 Å². The van der Waals surface area contributed by atoms with Gasteiger partial charge in [-0.3, -0.25) is 4.98 Å². The van der Waals surface area contributed by atoms with Crippen molar-refractivity contribution in [2.75, 3.05) is 0 Å². The van der Waals surface area contributed by atoms with Crippen LogP contribution < -0.4 is 0 Å². The quantitative estimate of drug-likeness (QED) is 0.625. The van der Waals surface area contributed by atoms with E-state index in [0.717, 1.165) is 18.2 Å². The van der Waals surface area contributed by atoms with Crippen LogP contribution in [0.2, 0.25) is 0 Å². The normalized spacial score (nSPS) is 14.0. The molecule has 0 unspecified atom stereocenters. The first kappa shape index (κ1) is 16.1. The zero-order valence-corrected chi connectivity index (χ0v) is 14.8. The van der Waals surface area contributed by atoms with Crippen molar-refractivity contribution < 1.29 is 0 Å². The molecule has 3 aromatic rings. The number of fused-ring (bicyclic) bond motifs is 1. The number of aryl methyl sites for hydroxylation is 2. The Labute approximate surface area is 144 Å². The van der Waals surface area contributed by atoms with Crippen molar-refractivity contribution in [3.63, 3.8) is 0 Å². The van der Waals surface area contributed by atoms with Gasteiger partial charge in [0.2, 0.25) is 0 Å². The van der Waals surface area contributed by atoms with Gasteiger partial charge in [0.1, 0.15) is 0 Å². The van der Waals surface area contributed by atoms with Gasteiger partial charge in [-0.15, -0.1) is 12.4 Å². The summed E-state index contributed by atoms with van der Waals surface area (Å²) in [7, 11) is 0. The number of hydrogen-bond acceptors (Lipinski definition) is 1. The number of nitrogens with zero attached hydrogens (tertiary/aromatic N) is 2. The lowest BCUT2D eigenvalue weighted by molar-refractivity contribution is 0.632. The minimum atomic E-state index is 0. The van der Waals surface area contributed by atoms with E-state index in [4.69, 9.17) is 4.98 Å². The smallest absolute Gasteiger partial charge is 0.0944 e. The summed E-state index contributed by atoms with van der Waals surface area (Å²) in [6, 6.07) is 10.9. The highest BCUT2D eigenvalue weighted by Gasteiger charge is 2.25. The van der Waals surface area contributed by atoms with Crippen LogP contribution in [0, 0.1) is 26.7 Å². The van der Waals surface area contributed by atoms with Crippen LogP contribution in [-0.4, -0.2) is 9.55 Å². The second kappa shape index (κ2) is 6.01. The molecule has 1 saturated carbocycles. The van der Waals surface area contributed by atoms with Gasteiger partial charge in [-0.25, -0.2) is 0 Å². The second-order valence-electron chi connectivity index (χ2n) is 6.69. The summed E-state index contributed by atoms with van der Waals surface area (Å²) in [6.45, 7) is 7.75. The number of halogens is 1. The average Bonchev–Trinajstić information content (AvgIpc) is 3.32. The predicted molar refractivity (Wildman–Crippen MR) is 99.4 cm³/mol. The highest BCUT2D eigenvalue weighted by atomic mass is 35.5. The first-order valence-corrected chi connectivity index (χ1v) is 8.16. The lowest BCUT2D eigenvalue weighted by Gasteiger charge is -2.11. The van der Waals surface area contributed by atoms with Crippen LogP contribution in [0.4, 0.5) is 0 Å². The maximum Gasteiger partial charge on any atom is 0.0944 e. The van der Waals surface area contributed by atoms with Gasteiger partial charge in [0.15, 0.2) is 0 Å². The van der Waals surface area contributed by atoms with E-state index in [2.05, 4.69) is 55.7 Å². The van der Waals surface area contributed by atoms with Crippen molar-refractivity contribution in [3.8, 4) is 11.3 Å².